The molecule has 24 heavy (non-hydrogen) atoms. The third kappa shape index (κ3) is 8.36. The molecule has 1 heterocycles. The first-order valence-electron chi connectivity index (χ1n) is 6.32. The average molecular weight is 408 g/mol. The first-order valence-corrected chi connectivity index (χ1v) is 10.8. The molecule has 0 amide bonds. The number of hydrogen-bond donors (Lipinski definition) is 4. The summed E-state index contributed by atoms with van der Waals surface area (Å²) < 4.78 is 55.6. The summed E-state index contributed by atoms with van der Waals surface area (Å²) in [6, 6.07) is -0.248. The highest BCUT2D eigenvalue weighted by molar-refractivity contribution is 7.66. The molecular weight excluding hydrogens is 392 g/mol. The second-order valence-electron chi connectivity index (χ2n) is 4.66. The molecule has 0 aliphatic carbocycles. The van der Waals surface area contributed by atoms with Crippen molar-refractivity contribution in [3.05, 3.63) is 0 Å². The van der Waals surface area contributed by atoms with Gasteiger partial charge in [0.2, 0.25) is 0 Å². The van der Waals surface area contributed by atoms with Gasteiger partial charge in [0.25, 0.3) is 0 Å². The minimum absolute atomic E-state index is 0.0213. The zero-order valence-electron chi connectivity index (χ0n) is 12.3. The predicted molar refractivity (Wildman–Crippen MR) is 80.2 cm³/mol. The van der Waals surface area contributed by atoms with Crippen LogP contribution in [0.15, 0.2) is 0 Å². The van der Waals surface area contributed by atoms with Gasteiger partial charge in [-0.2, -0.15) is 8.62 Å². The molecule has 5 unspecified atom stereocenters. The van der Waals surface area contributed by atoms with Crippen molar-refractivity contribution in [2.24, 2.45) is 0 Å². The summed E-state index contributed by atoms with van der Waals surface area (Å²) in [6.07, 6.45) is 4.15. The van der Waals surface area contributed by atoms with Gasteiger partial charge in [0.15, 0.2) is 0 Å². The van der Waals surface area contributed by atoms with Gasteiger partial charge in [-0.1, -0.05) is 5.92 Å². The molecule has 0 radical (unpaired) electrons. The highest BCUT2D eigenvalue weighted by atomic mass is 31.3. The highest BCUT2D eigenvalue weighted by Gasteiger charge is 2.42. The Kier molecular flexibility index (Phi) is 7.84. The first kappa shape index (κ1) is 22.0. The lowest BCUT2D eigenvalue weighted by atomic mass is 9.96. The van der Waals surface area contributed by atoms with Gasteiger partial charge in [-0.25, -0.2) is 13.7 Å². The molecule has 0 spiro atoms. The van der Waals surface area contributed by atoms with E-state index in [1.54, 1.807) is 7.85 Å². The largest absolute Gasteiger partial charge is 0.490 e. The molecule has 1 rings (SSSR count). The van der Waals surface area contributed by atoms with Crippen LogP contribution in [0.4, 0.5) is 0 Å². The van der Waals surface area contributed by atoms with E-state index in [1.807, 2.05) is 0 Å². The van der Waals surface area contributed by atoms with Gasteiger partial charge in [0.05, 0.1) is 12.7 Å². The lowest BCUT2D eigenvalue weighted by Crippen LogP contribution is -2.29. The van der Waals surface area contributed by atoms with Gasteiger partial charge in [0.1, 0.15) is 20.6 Å². The van der Waals surface area contributed by atoms with Crippen molar-refractivity contribution in [2.45, 2.75) is 24.6 Å². The van der Waals surface area contributed by atoms with Gasteiger partial charge in [-0.05, 0) is 6.42 Å². The lowest BCUT2D eigenvalue weighted by molar-refractivity contribution is -0.0278. The van der Waals surface area contributed by atoms with Crippen LogP contribution in [0.5, 0.6) is 0 Å². The summed E-state index contributed by atoms with van der Waals surface area (Å²) >= 11 is 0. The first-order chi connectivity index (χ1) is 10.8. The standard InChI is InChI=1S/C8H16BO12P3/c1-2-3-17-6-4-8(9)19-7(6)5-18-23(13,14)21-24(15,16)20-22(10,11)12/h1,6-8H,3-5,9H2,(H,13,14)(H,15,16)(H2,10,11,12). The molecule has 0 aromatic carbocycles. The van der Waals surface area contributed by atoms with E-state index in [4.69, 9.17) is 30.6 Å². The van der Waals surface area contributed by atoms with Crippen molar-refractivity contribution >= 4 is 31.3 Å². The van der Waals surface area contributed by atoms with Crippen LogP contribution < -0.4 is 0 Å². The van der Waals surface area contributed by atoms with Crippen LogP contribution in [-0.4, -0.2) is 58.8 Å². The molecule has 138 valence electrons. The molecule has 0 aromatic rings. The molecule has 5 atom stereocenters. The van der Waals surface area contributed by atoms with E-state index in [9.17, 15) is 18.6 Å². The molecular formula is C8H16BO12P3. The van der Waals surface area contributed by atoms with Gasteiger partial charge in [-0.15, -0.1) is 6.42 Å². The minimum atomic E-state index is -5.54. The van der Waals surface area contributed by atoms with Crippen LogP contribution >= 0.6 is 23.5 Å². The summed E-state index contributed by atoms with van der Waals surface area (Å²) in [5, 5.41) is 0. The van der Waals surface area contributed by atoms with Crippen LogP contribution in [0.1, 0.15) is 6.42 Å². The van der Waals surface area contributed by atoms with Crippen molar-refractivity contribution < 1.29 is 55.9 Å². The summed E-state index contributed by atoms with van der Waals surface area (Å²) in [4.78, 5) is 35.2. The molecule has 12 nitrogen and oxygen atoms in total. The molecule has 1 saturated heterocycles. The van der Waals surface area contributed by atoms with E-state index < -0.39 is 42.3 Å². The van der Waals surface area contributed by atoms with Crippen molar-refractivity contribution in [3.8, 4) is 12.3 Å². The molecule has 16 heteroatoms. The predicted octanol–water partition coefficient (Wildman–Crippen LogP) is -0.904. The average Bonchev–Trinajstić information content (AvgIpc) is 2.70. The number of ether oxygens (including phenoxy) is 2. The van der Waals surface area contributed by atoms with Crippen LogP contribution in [0.25, 0.3) is 0 Å². The molecule has 0 saturated carbocycles. The Morgan fingerprint density at radius 1 is 1.17 bits per heavy atom. The minimum Gasteiger partial charge on any atom is -0.379 e. The lowest BCUT2D eigenvalue weighted by Gasteiger charge is -2.20. The third-order valence-corrected chi connectivity index (χ3v) is 6.39. The summed E-state index contributed by atoms with van der Waals surface area (Å²) in [7, 11) is -14.4. The molecule has 0 aromatic heterocycles. The zero-order valence-corrected chi connectivity index (χ0v) is 15.0. The Hall–Kier alpha value is -0.0451. The van der Waals surface area contributed by atoms with E-state index in [2.05, 4.69) is 19.1 Å². The SMILES string of the molecule is BC1CC(OCC#C)C(COP(=O)(O)OP(=O)(O)OP(=O)(O)O)O1. The van der Waals surface area contributed by atoms with Gasteiger partial charge < -0.3 is 29.0 Å². The number of rotatable bonds is 9. The molecule has 1 fully saturated rings. The number of phosphoric acid groups is 3. The Labute approximate surface area is 138 Å². The Balaban J connectivity index is 2.61. The highest BCUT2D eigenvalue weighted by Crippen LogP contribution is 2.66. The number of terminal acetylenes is 1. The summed E-state index contributed by atoms with van der Waals surface area (Å²) in [6.45, 7) is -0.588. The number of phosphoric ester groups is 1. The molecule has 0 bridgehead atoms. The molecule has 4 N–H and O–H groups in total. The van der Waals surface area contributed by atoms with Crippen molar-refractivity contribution in [1.29, 1.82) is 0 Å². The molecule has 1 aliphatic heterocycles. The smallest absolute Gasteiger partial charge is 0.379 e. The monoisotopic (exact) mass is 408 g/mol. The van der Waals surface area contributed by atoms with E-state index in [-0.39, 0.29) is 12.6 Å². The second-order valence-corrected chi connectivity index (χ2v) is 9.08. The fourth-order valence-electron chi connectivity index (χ4n) is 1.87. The van der Waals surface area contributed by atoms with E-state index in [0.29, 0.717) is 6.42 Å². The number of hydrogen-bond acceptors (Lipinski definition) is 8. The third-order valence-electron chi connectivity index (χ3n) is 2.58. The van der Waals surface area contributed by atoms with Gasteiger partial charge in [0, 0.05) is 6.00 Å². The van der Waals surface area contributed by atoms with Crippen LogP contribution in [0.2, 0.25) is 0 Å². The summed E-state index contributed by atoms with van der Waals surface area (Å²) in [5.74, 6) is 2.25. The quantitative estimate of drug-likeness (QED) is 0.210. The van der Waals surface area contributed by atoms with Crippen LogP contribution in [0.3, 0.4) is 0 Å². The Morgan fingerprint density at radius 2 is 1.79 bits per heavy atom. The fraction of sp³-hybridized carbons (Fsp3) is 0.750. The van der Waals surface area contributed by atoms with E-state index in [0.717, 1.165) is 0 Å². The zero-order chi connectivity index (χ0) is 18.6. The van der Waals surface area contributed by atoms with Crippen molar-refractivity contribution in [3.63, 3.8) is 0 Å². The van der Waals surface area contributed by atoms with Crippen molar-refractivity contribution in [1.82, 2.24) is 0 Å². The Morgan fingerprint density at radius 3 is 2.33 bits per heavy atom. The van der Waals surface area contributed by atoms with Crippen LogP contribution in [-0.2, 0) is 36.3 Å². The Bertz CT molecular complexity index is 612. The van der Waals surface area contributed by atoms with Crippen LogP contribution in [0, 0.1) is 12.3 Å². The maximum atomic E-state index is 11.6. The van der Waals surface area contributed by atoms with E-state index >= 15 is 0 Å². The fourth-order valence-corrected chi connectivity index (χ4v) is 4.90. The molecule has 1 aliphatic rings. The maximum Gasteiger partial charge on any atom is 0.490 e. The van der Waals surface area contributed by atoms with Crippen molar-refractivity contribution in [2.75, 3.05) is 13.2 Å². The van der Waals surface area contributed by atoms with E-state index in [1.165, 1.54) is 0 Å². The normalized spacial score (nSPS) is 29.5. The second kappa shape index (κ2) is 8.56. The maximum absolute atomic E-state index is 11.6. The topological polar surface area (TPSA) is 178 Å². The summed E-state index contributed by atoms with van der Waals surface area (Å²) in [5.41, 5.74) is 0. The van der Waals surface area contributed by atoms with Gasteiger partial charge in [-0.3, -0.25) is 4.52 Å². The van der Waals surface area contributed by atoms with Gasteiger partial charge >= 0.3 is 23.5 Å².